The maximum absolute atomic E-state index is 14.6. The van der Waals surface area contributed by atoms with Gasteiger partial charge in [-0.1, -0.05) is 37.3 Å². The summed E-state index contributed by atoms with van der Waals surface area (Å²) < 4.78 is 14.6. The van der Waals surface area contributed by atoms with Crippen LogP contribution in [0.1, 0.15) is 28.9 Å². The molecular formula is C21H24FN3O3. The molecule has 1 atom stereocenters. The maximum atomic E-state index is 14.6. The molecule has 3 rings (SSSR count). The monoisotopic (exact) mass is 385 g/mol. The molecule has 1 aliphatic heterocycles. The number of hydrogen-bond donors (Lipinski definition) is 2. The number of hydrogen-bond acceptors (Lipinski definition) is 4. The van der Waals surface area contributed by atoms with Crippen molar-refractivity contribution in [3.8, 4) is 0 Å². The van der Waals surface area contributed by atoms with Crippen molar-refractivity contribution in [2.24, 2.45) is 0 Å². The van der Waals surface area contributed by atoms with Crippen molar-refractivity contribution in [1.82, 2.24) is 10.2 Å². The lowest BCUT2D eigenvalue weighted by atomic mass is 10.1. The summed E-state index contributed by atoms with van der Waals surface area (Å²) in [6, 6.07) is 11.5. The van der Waals surface area contributed by atoms with Gasteiger partial charge in [-0.25, -0.2) is 9.18 Å². The first-order chi connectivity index (χ1) is 13.5. The first kappa shape index (κ1) is 19.8. The molecule has 2 aromatic carbocycles. The van der Waals surface area contributed by atoms with E-state index in [9.17, 15) is 19.1 Å². The van der Waals surface area contributed by atoms with E-state index in [1.807, 2.05) is 4.90 Å². The molecule has 1 aliphatic rings. The lowest BCUT2D eigenvalue weighted by Crippen LogP contribution is -2.46. The third-order valence-electron chi connectivity index (χ3n) is 5.03. The predicted octanol–water partition coefficient (Wildman–Crippen LogP) is 2.52. The number of amides is 1. The van der Waals surface area contributed by atoms with E-state index in [4.69, 9.17) is 0 Å². The first-order valence-corrected chi connectivity index (χ1v) is 9.35. The average Bonchev–Trinajstić information content (AvgIpc) is 2.72. The summed E-state index contributed by atoms with van der Waals surface area (Å²) in [5.74, 6) is -2.29. The molecule has 0 radical (unpaired) electrons. The largest absolute Gasteiger partial charge is 0.479 e. The number of piperazine rings is 1. The number of halogens is 1. The van der Waals surface area contributed by atoms with Crippen LogP contribution in [-0.2, 0) is 4.79 Å². The smallest absolute Gasteiger partial charge is 0.330 e. The molecule has 0 aliphatic carbocycles. The zero-order chi connectivity index (χ0) is 20.1. The summed E-state index contributed by atoms with van der Waals surface area (Å²) in [4.78, 5) is 28.3. The van der Waals surface area contributed by atoms with Gasteiger partial charge < -0.3 is 20.2 Å². The Labute approximate surface area is 163 Å². The first-order valence-electron chi connectivity index (χ1n) is 9.35. The Morgan fingerprint density at radius 1 is 1.11 bits per heavy atom. The van der Waals surface area contributed by atoms with E-state index in [1.54, 1.807) is 36.4 Å². The lowest BCUT2D eigenvalue weighted by Gasteiger charge is -2.35. The van der Waals surface area contributed by atoms with Crippen LogP contribution in [0, 0.1) is 5.82 Å². The number of nitrogens with one attached hydrogen (secondary N) is 1. The normalized spacial score (nSPS) is 15.9. The molecule has 2 aromatic rings. The number of benzene rings is 2. The third kappa shape index (κ3) is 4.48. The minimum atomic E-state index is -1.20. The molecule has 148 valence electrons. The van der Waals surface area contributed by atoms with Gasteiger partial charge in [-0.2, -0.15) is 0 Å². The molecule has 6 nitrogen and oxygen atoms in total. The Balaban J connectivity index is 1.72. The number of carbonyl (C=O) groups is 2. The SMILES string of the molecule is CCN1CCN(c2ccc(C(=O)N[C@@H](C(=O)O)c3ccccc3)cc2F)CC1. The Kier molecular flexibility index (Phi) is 6.26. The number of anilines is 1. The van der Waals surface area contributed by atoms with E-state index >= 15 is 0 Å². The van der Waals surface area contributed by atoms with Crippen molar-refractivity contribution >= 4 is 17.6 Å². The van der Waals surface area contributed by atoms with Gasteiger partial charge >= 0.3 is 5.97 Å². The molecule has 0 spiro atoms. The fourth-order valence-electron chi connectivity index (χ4n) is 3.36. The van der Waals surface area contributed by atoms with Crippen molar-refractivity contribution in [2.75, 3.05) is 37.6 Å². The summed E-state index contributed by atoms with van der Waals surface area (Å²) in [7, 11) is 0. The van der Waals surface area contributed by atoms with Crippen LogP contribution >= 0.6 is 0 Å². The van der Waals surface area contributed by atoms with Gasteiger partial charge in [-0.3, -0.25) is 4.79 Å². The summed E-state index contributed by atoms with van der Waals surface area (Å²) in [6.45, 7) is 6.27. The van der Waals surface area contributed by atoms with Crippen LogP contribution in [0.25, 0.3) is 0 Å². The van der Waals surface area contributed by atoms with Gasteiger partial charge in [0, 0.05) is 31.7 Å². The molecule has 1 heterocycles. The van der Waals surface area contributed by atoms with Crippen molar-refractivity contribution < 1.29 is 19.1 Å². The zero-order valence-corrected chi connectivity index (χ0v) is 15.8. The van der Waals surface area contributed by atoms with Crippen LogP contribution < -0.4 is 10.2 Å². The molecule has 7 heteroatoms. The van der Waals surface area contributed by atoms with Crippen molar-refractivity contribution in [1.29, 1.82) is 0 Å². The quantitative estimate of drug-likeness (QED) is 0.800. The van der Waals surface area contributed by atoms with Crippen LogP contribution in [0.4, 0.5) is 10.1 Å². The number of nitrogens with zero attached hydrogens (tertiary/aromatic N) is 2. The Morgan fingerprint density at radius 3 is 2.36 bits per heavy atom. The van der Waals surface area contributed by atoms with E-state index in [0.29, 0.717) is 11.3 Å². The number of aliphatic carboxylic acids is 1. The minimum absolute atomic E-state index is 0.0932. The molecule has 0 bridgehead atoms. The number of carboxylic acid groups (broad SMARTS) is 1. The molecule has 0 saturated carbocycles. The molecular weight excluding hydrogens is 361 g/mol. The summed E-state index contributed by atoms with van der Waals surface area (Å²) in [5, 5.41) is 11.9. The number of rotatable bonds is 6. The van der Waals surface area contributed by atoms with E-state index in [-0.39, 0.29) is 5.56 Å². The molecule has 28 heavy (non-hydrogen) atoms. The van der Waals surface area contributed by atoms with Crippen LogP contribution in [0.3, 0.4) is 0 Å². The fraction of sp³-hybridized carbons (Fsp3) is 0.333. The number of carboxylic acids is 1. The molecule has 1 amide bonds. The highest BCUT2D eigenvalue weighted by Gasteiger charge is 2.24. The molecule has 0 aromatic heterocycles. The van der Waals surface area contributed by atoms with Crippen molar-refractivity contribution in [3.05, 3.63) is 65.5 Å². The topological polar surface area (TPSA) is 72.9 Å². The summed E-state index contributed by atoms with van der Waals surface area (Å²) in [6.07, 6.45) is 0. The number of carbonyl (C=O) groups excluding carboxylic acids is 1. The zero-order valence-electron chi connectivity index (χ0n) is 15.8. The second-order valence-electron chi connectivity index (χ2n) is 6.74. The Bertz CT molecular complexity index is 836. The second-order valence-corrected chi connectivity index (χ2v) is 6.74. The van der Waals surface area contributed by atoms with Crippen molar-refractivity contribution in [2.45, 2.75) is 13.0 Å². The highest BCUT2D eigenvalue weighted by molar-refractivity contribution is 5.97. The average molecular weight is 385 g/mol. The van der Waals surface area contributed by atoms with Crippen LogP contribution in [0.2, 0.25) is 0 Å². The maximum Gasteiger partial charge on any atom is 0.330 e. The summed E-state index contributed by atoms with van der Waals surface area (Å²) >= 11 is 0. The fourth-order valence-corrected chi connectivity index (χ4v) is 3.36. The third-order valence-corrected chi connectivity index (χ3v) is 5.03. The van der Waals surface area contributed by atoms with E-state index in [2.05, 4.69) is 17.1 Å². The Hall–Kier alpha value is -2.93. The van der Waals surface area contributed by atoms with Gasteiger partial charge in [-0.15, -0.1) is 0 Å². The van der Waals surface area contributed by atoms with Crippen LogP contribution in [0.15, 0.2) is 48.5 Å². The van der Waals surface area contributed by atoms with Crippen LogP contribution in [0.5, 0.6) is 0 Å². The standard InChI is InChI=1S/C21H24FN3O3/c1-2-24-10-12-25(13-11-24)18-9-8-16(14-17(18)22)20(26)23-19(21(27)28)15-6-4-3-5-7-15/h3-9,14,19H,2,10-13H2,1H3,(H,23,26)(H,27,28)/t19-/m1/s1. The molecule has 1 saturated heterocycles. The van der Waals surface area contributed by atoms with Gasteiger partial charge in [0.25, 0.3) is 5.91 Å². The second kappa shape index (κ2) is 8.84. The van der Waals surface area contributed by atoms with Crippen molar-refractivity contribution in [3.63, 3.8) is 0 Å². The van der Waals surface area contributed by atoms with E-state index in [0.717, 1.165) is 32.7 Å². The molecule has 0 unspecified atom stereocenters. The van der Waals surface area contributed by atoms with E-state index < -0.39 is 23.7 Å². The lowest BCUT2D eigenvalue weighted by molar-refractivity contribution is -0.139. The minimum Gasteiger partial charge on any atom is -0.479 e. The van der Waals surface area contributed by atoms with Gasteiger partial charge in [0.05, 0.1) is 5.69 Å². The van der Waals surface area contributed by atoms with Gasteiger partial charge in [-0.05, 0) is 30.3 Å². The van der Waals surface area contributed by atoms with Gasteiger partial charge in [0.15, 0.2) is 6.04 Å². The Morgan fingerprint density at radius 2 is 1.79 bits per heavy atom. The molecule has 2 N–H and O–H groups in total. The molecule has 1 fully saturated rings. The van der Waals surface area contributed by atoms with Crippen LogP contribution in [-0.4, -0.2) is 54.6 Å². The summed E-state index contributed by atoms with van der Waals surface area (Å²) in [5.41, 5.74) is 1.01. The highest BCUT2D eigenvalue weighted by atomic mass is 19.1. The van der Waals surface area contributed by atoms with Gasteiger partial charge in [0.1, 0.15) is 5.82 Å². The predicted molar refractivity (Wildman–Crippen MR) is 105 cm³/mol. The highest BCUT2D eigenvalue weighted by Crippen LogP contribution is 2.23. The van der Waals surface area contributed by atoms with E-state index in [1.165, 1.54) is 12.1 Å². The van der Waals surface area contributed by atoms with Gasteiger partial charge in [0.2, 0.25) is 0 Å². The number of likely N-dealkylation sites (N-methyl/N-ethyl adjacent to an activating group) is 1.